The maximum absolute atomic E-state index is 13.2. The summed E-state index contributed by atoms with van der Waals surface area (Å²) in [5, 5.41) is 12.0. The zero-order valence-corrected chi connectivity index (χ0v) is 17.9. The summed E-state index contributed by atoms with van der Waals surface area (Å²) in [6.07, 6.45) is 6.49. The molecule has 32 heavy (non-hydrogen) atoms. The minimum Gasteiger partial charge on any atom is -0.366 e. The Morgan fingerprint density at radius 3 is 2.62 bits per heavy atom. The first-order chi connectivity index (χ1) is 15.4. The van der Waals surface area contributed by atoms with Gasteiger partial charge in [0.05, 0.1) is 35.1 Å². The van der Waals surface area contributed by atoms with E-state index < -0.39 is 17.7 Å². The standard InChI is InChI=1S/C24H25N5O3/c1-14-2-7-21(16-5-6-17(10-25)20(9-16)15-3-4-15)29(13-14)24(32)23(31)28-19-8-18(22(26)30)11-27-12-19/h5-6,8-9,11-12,14-15,21H,2-4,7,13H2,1H3,(H2,26,30)(H,28,31)/t14-,21+/m1/s1. The molecule has 0 spiro atoms. The Balaban J connectivity index is 1.57. The molecule has 1 aromatic heterocycles. The van der Waals surface area contributed by atoms with E-state index in [0.29, 0.717) is 18.0 Å². The van der Waals surface area contributed by atoms with E-state index in [0.717, 1.165) is 36.8 Å². The van der Waals surface area contributed by atoms with E-state index in [4.69, 9.17) is 5.73 Å². The highest BCUT2D eigenvalue weighted by Crippen LogP contribution is 2.43. The summed E-state index contributed by atoms with van der Waals surface area (Å²) in [4.78, 5) is 42.8. The van der Waals surface area contributed by atoms with Gasteiger partial charge in [0.2, 0.25) is 5.91 Å². The average Bonchev–Trinajstić information content (AvgIpc) is 3.63. The molecular formula is C24H25N5O3. The minimum absolute atomic E-state index is 0.143. The van der Waals surface area contributed by atoms with Crippen LogP contribution in [0.4, 0.5) is 5.69 Å². The Labute approximate surface area is 186 Å². The summed E-state index contributed by atoms with van der Waals surface area (Å²) < 4.78 is 0. The number of likely N-dealkylation sites (tertiary alicyclic amines) is 1. The number of amides is 3. The van der Waals surface area contributed by atoms with Gasteiger partial charge in [0.25, 0.3) is 0 Å². The molecule has 0 bridgehead atoms. The van der Waals surface area contributed by atoms with Gasteiger partial charge in [-0.25, -0.2) is 0 Å². The summed E-state index contributed by atoms with van der Waals surface area (Å²) in [6.45, 7) is 2.53. The summed E-state index contributed by atoms with van der Waals surface area (Å²) in [5.74, 6) is -1.42. The number of anilines is 1. The van der Waals surface area contributed by atoms with Crippen LogP contribution in [0.25, 0.3) is 0 Å². The van der Waals surface area contributed by atoms with Crippen molar-refractivity contribution < 1.29 is 14.4 Å². The van der Waals surface area contributed by atoms with Crippen molar-refractivity contribution >= 4 is 23.4 Å². The molecule has 1 saturated heterocycles. The molecule has 3 N–H and O–H groups in total. The Hall–Kier alpha value is -3.73. The summed E-state index contributed by atoms with van der Waals surface area (Å²) in [7, 11) is 0. The molecular weight excluding hydrogens is 406 g/mol. The van der Waals surface area contributed by atoms with Crippen LogP contribution in [0.3, 0.4) is 0 Å². The van der Waals surface area contributed by atoms with E-state index in [9.17, 15) is 19.6 Å². The van der Waals surface area contributed by atoms with Gasteiger partial charge in [0.15, 0.2) is 0 Å². The lowest BCUT2D eigenvalue weighted by Crippen LogP contribution is -2.46. The molecule has 1 aliphatic carbocycles. The molecule has 1 saturated carbocycles. The second-order valence-corrected chi connectivity index (χ2v) is 8.67. The van der Waals surface area contributed by atoms with Gasteiger partial charge in [0, 0.05) is 12.7 Å². The van der Waals surface area contributed by atoms with Crippen molar-refractivity contribution in [3.8, 4) is 6.07 Å². The maximum atomic E-state index is 13.2. The van der Waals surface area contributed by atoms with E-state index in [1.54, 1.807) is 4.90 Å². The second-order valence-electron chi connectivity index (χ2n) is 8.67. The van der Waals surface area contributed by atoms with Crippen LogP contribution in [0.15, 0.2) is 36.7 Å². The van der Waals surface area contributed by atoms with Crippen molar-refractivity contribution in [3.05, 3.63) is 58.9 Å². The highest BCUT2D eigenvalue weighted by atomic mass is 16.2. The topological polar surface area (TPSA) is 129 Å². The van der Waals surface area contributed by atoms with Crippen LogP contribution in [0, 0.1) is 17.2 Å². The second kappa shape index (κ2) is 8.79. The largest absolute Gasteiger partial charge is 0.366 e. The van der Waals surface area contributed by atoms with E-state index >= 15 is 0 Å². The highest BCUT2D eigenvalue weighted by molar-refractivity contribution is 6.39. The van der Waals surface area contributed by atoms with Gasteiger partial charge in [-0.1, -0.05) is 19.1 Å². The number of primary amides is 1. The summed E-state index contributed by atoms with van der Waals surface area (Å²) in [5.41, 5.74) is 8.31. The van der Waals surface area contributed by atoms with Crippen LogP contribution in [-0.4, -0.2) is 34.2 Å². The van der Waals surface area contributed by atoms with Crippen LogP contribution in [-0.2, 0) is 9.59 Å². The molecule has 0 unspecified atom stereocenters. The first-order valence-corrected chi connectivity index (χ1v) is 10.8. The molecule has 0 radical (unpaired) electrons. The Kier molecular flexibility index (Phi) is 5.91. The zero-order valence-electron chi connectivity index (χ0n) is 17.9. The van der Waals surface area contributed by atoms with Crippen molar-refractivity contribution in [2.24, 2.45) is 11.7 Å². The predicted octanol–water partition coefficient (Wildman–Crippen LogP) is 2.87. The smallest absolute Gasteiger partial charge is 0.313 e. The number of aromatic nitrogens is 1. The third kappa shape index (κ3) is 4.47. The molecule has 4 rings (SSSR count). The lowest BCUT2D eigenvalue weighted by Gasteiger charge is -2.38. The van der Waals surface area contributed by atoms with Crippen LogP contribution >= 0.6 is 0 Å². The minimum atomic E-state index is -0.788. The van der Waals surface area contributed by atoms with Gasteiger partial charge < -0.3 is 16.0 Å². The van der Waals surface area contributed by atoms with E-state index in [2.05, 4.69) is 23.3 Å². The van der Waals surface area contributed by atoms with Gasteiger partial charge in [-0.15, -0.1) is 0 Å². The molecule has 2 aromatic rings. The third-order valence-electron chi connectivity index (χ3n) is 6.15. The number of hydrogen-bond acceptors (Lipinski definition) is 5. The number of pyridine rings is 1. The number of nitrogens with two attached hydrogens (primary N) is 1. The quantitative estimate of drug-likeness (QED) is 0.719. The number of nitrogens with zero attached hydrogens (tertiary/aromatic N) is 3. The van der Waals surface area contributed by atoms with Crippen LogP contribution < -0.4 is 11.1 Å². The van der Waals surface area contributed by atoms with E-state index in [-0.39, 0.29) is 23.2 Å². The molecule has 1 aliphatic heterocycles. The monoisotopic (exact) mass is 431 g/mol. The molecule has 164 valence electrons. The number of piperidine rings is 1. The fourth-order valence-corrected chi connectivity index (χ4v) is 4.30. The number of benzene rings is 1. The van der Waals surface area contributed by atoms with Crippen molar-refractivity contribution in [1.29, 1.82) is 5.26 Å². The Bertz CT molecular complexity index is 1120. The molecule has 2 heterocycles. The summed E-state index contributed by atoms with van der Waals surface area (Å²) >= 11 is 0. The van der Waals surface area contributed by atoms with Gasteiger partial charge in [-0.3, -0.25) is 19.4 Å². The zero-order chi connectivity index (χ0) is 22.8. The number of nitrogens with one attached hydrogen (secondary N) is 1. The summed E-state index contributed by atoms with van der Waals surface area (Å²) in [6, 6.07) is 9.17. The molecule has 8 heteroatoms. The van der Waals surface area contributed by atoms with E-state index in [1.807, 2.05) is 18.2 Å². The van der Waals surface area contributed by atoms with Crippen molar-refractivity contribution in [2.75, 3.05) is 11.9 Å². The molecule has 3 amide bonds. The number of nitriles is 1. The first-order valence-electron chi connectivity index (χ1n) is 10.8. The molecule has 8 nitrogen and oxygen atoms in total. The lowest BCUT2D eigenvalue weighted by atomic mass is 9.88. The van der Waals surface area contributed by atoms with Gasteiger partial charge in [-0.2, -0.15) is 5.26 Å². The van der Waals surface area contributed by atoms with Crippen molar-refractivity contribution in [1.82, 2.24) is 9.88 Å². The number of carbonyl (C=O) groups is 3. The lowest BCUT2D eigenvalue weighted by molar-refractivity contribution is -0.146. The average molecular weight is 431 g/mol. The molecule has 2 fully saturated rings. The Morgan fingerprint density at radius 1 is 1.16 bits per heavy atom. The normalized spacial score (nSPS) is 20.3. The van der Waals surface area contributed by atoms with Crippen molar-refractivity contribution in [3.63, 3.8) is 0 Å². The van der Waals surface area contributed by atoms with Gasteiger partial charge in [0.1, 0.15) is 0 Å². The van der Waals surface area contributed by atoms with Gasteiger partial charge in [-0.05, 0) is 60.8 Å². The molecule has 1 aromatic carbocycles. The number of carbonyl (C=O) groups excluding carboxylic acids is 3. The fraction of sp³-hybridized carbons (Fsp3) is 0.375. The van der Waals surface area contributed by atoms with Crippen LogP contribution in [0.2, 0.25) is 0 Å². The van der Waals surface area contributed by atoms with Crippen LogP contribution in [0.5, 0.6) is 0 Å². The van der Waals surface area contributed by atoms with Crippen LogP contribution in [0.1, 0.15) is 71.6 Å². The SMILES string of the molecule is C[C@@H]1CC[C@@H](c2ccc(C#N)c(C3CC3)c2)N(C(=O)C(=O)Nc2cncc(C(N)=O)c2)C1. The highest BCUT2D eigenvalue weighted by Gasteiger charge is 2.35. The first kappa shape index (κ1) is 21.5. The Morgan fingerprint density at radius 2 is 1.94 bits per heavy atom. The third-order valence-corrected chi connectivity index (χ3v) is 6.15. The predicted molar refractivity (Wildman–Crippen MR) is 117 cm³/mol. The number of rotatable bonds is 4. The maximum Gasteiger partial charge on any atom is 0.313 e. The molecule has 2 atom stereocenters. The van der Waals surface area contributed by atoms with E-state index in [1.165, 1.54) is 18.5 Å². The number of hydrogen-bond donors (Lipinski definition) is 2. The fourth-order valence-electron chi connectivity index (χ4n) is 4.30. The van der Waals surface area contributed by atoms with Gasteiger partial charge >= 0.3 is 11.8 Å². The molecule has 2 aliphatic rings. The van der Waals surface area contributed by atoms with Crippen molar-refractivity contribution in [2.45, 2.75) is 44.6 Å².